The summed E-state index contributed by atoms with van der Waals surface area (Å²) in [6.07, 6.45) is 0.540. The summed E-state index contributed by atoms with van der Waals surface area (Å²) in [4.78, 5) is 26.9. The van der Waals surface area contributed by atoms with Crippen molar-refractivity contribution in [3.63, 3.8) is 0 Å². The van der Waals surface area contributed by atoms with Gasteiger partial charge in [-0.1, -0.05) is 77.9 Å². The van der Waals surface area contributed by atoms with E-state index in [1.54, 1.807) is 0 Å². The molecule has 1 amide bonds. The number of fused-ring (bicyclic) bond motifs is 4. The first-order valence-corrected chi connectivity index (χ1v) is 12.2. The van der Waals surface area contributed by atoms with Crippen molar-refractivity contribution in [1.82, 2.24) is 4.90 Å². The zero-order valence-electron chi connectivity index (χ0n) is 20.7. The quantitative estimate of drug-likeness (QED) is 0.510. The maximum absolute atomic E-state index is 13.3. The van der Waals surface area contributed by atoms with Crippen LogP contribution in [0.4, 0.5) is 4.79 Å². The molecule has 3 aliphatic rings. The van der Waals surface area contributed by atoms with Crippen molar-refractivity contribution in [1.29, 1.82) is 0 Å². The first-order chi connectivity index (χ1) is 15.4. The summed E-state index contributed by atoms with van der Waals surface area (Å²) in [7, 11) is 0. The molecule has 174 valence electrons. The highest BCUT2D eigenvalue weighted by atomic mass is 16.6. The summed E-state index contributed by atoms with van der Waals surface area (Å²) in [5.74, 6) is 0.933. The van der Waals surface area contributed by atoms with Crippen LogP contribution in [-0.2, 0) is 20.4 Å². The van der Waals surface area contributed by atoms with Gasteiger partial charge in [0.05, 0.1) is 0 Å². The lowest BCUT2D eigenvalue weighted by atomic mass is 9.85. The standard InChI is InChI=1S/C29H35NO3/c1-28(2,3)19-7-9-22-23-10-8-20(29(4,5)6)14-25(23)26(24(22)13-19)33-27(32)30-15-17-11-21(31)12-18(17)16-30/h7-10,13-14,17-18,26H,11-12,15-16H2,1-6H3. The maximum Gasteiger partial charge on any atom is 0.410 e. The molecule has 2 fully saturated rings. The highest BCUT2D eigenvalue weighted by molar-refractivity contribution is 5.83. The van der Waals surface area contributed by atoms with Gasteiger partial charge in [-0.3, -0.25) is 4.79 Å². The van der Waals surface area contributed by atoms with E-state index < -0.39 is 6.10 Å². The number of Topliss-reactive ketones (excluding diaryl/α,β-unsaturated/α-hetero) is 1. The van der Waals surface area contributed by atoms with Gasteiger partial charge in [-0.05, 0) is 44.9 Å². The van der Waals surface area contributed by atoms with Crippen LogP contribution in [0.2, 0.25) is 0 Å². The summed E-state index contributed by atoms with van der Waals surface area (Å²) >= 11 is 0. The fourth-order valence-electron chi connectivity index (χ4n) is 5.67. The second kappa shape index (κ2) is 7.44. The minimum atomic E-state index is -0.408. The van der Waals surface area contributed by atoms with E-state index in [9.17, 15) is 9.59 Å². The van der Waals surface area contributed by atoms with Gasteiger partial charge in [0.1, 0.15) is 5.78 Å². The van der Waals surface area contributed by atoms with E-state index in [0.717, 1.165) is 22.3 Å². The van der Waals surface area contributed by atoms with Gasteiger partial charge in [-0.15, -0.1) is 0 Å². The molecule has 1 heterocycles. The molecular formula is C29H35NO3. The Balaban J connectivity index is 1.50. The number of hydrogen-bond acceptors (Lipinski definition) is 3. The predicted molar refractivity (Wildman–Crippen MR) is 130 cm³/mol. The second-order valence-electron chi connectivity index (χ2n) is 12.2. The third-order valence-corrected chi connectivity index (χ3v) is 7.72. The van der Waals surface area contributed by atoms with Gasteiger partial charge < -0.3 is 9.64 Å². The highest BCUT2D eigenvalue weighted by Gasteiger charge is 2.43. The SMILES string of the molecule is CC(C)(C)c1ccc2c(c1)C(OC(=O)N1CC3CC(=O)CC3C1)c1cc(C(C)(C)C)ccc1-2. The van der Waals surface area contributed by atoms with Gasteiger partial charge in [0.15, 0.2) is 6.10 Å². The summed E-state index contributed by atoms with van der Waals surface area (Å²) in [6.45, 7) is 14.5. The lowest BCUT2D eigenvalue weighted by molar-refractivity contribution is -0.118. The molecule has 0 bridgehead atoms. The third kappa shape index (κ3) is 3.88. The van der Waals surface area contributed by atoms with Crippen LogP contribution in [0.25, 0.3) is 11.1 Å². The Labute approximate surface area is 197 Å². The van der Waals surface area contributed by atoms with Crippen molar-refractivity contribution in [3.8, 4) is 11.1 Å². The number of ether oxygens (including phenoxy) is 1. The van der Waals surface area contributed by atoms with E-state index in [1.165, 1.54) is 11.1 Å². The average Bonchev–Trinajstić information content (AvgIpc) is 3.36. The summed E-state index contributed by atoms with van der Waals surface area (Å²) < 4.78 is 6.28. The molecule has 2 aromatic carbocycles. The second-order valence-corrected chi connectivity index (χ2v) is 12.2. The molecule has 2 aromatic rings. The van der Waals surface area contributed by atoms with E-state index in [4.69, 9.17) is 4.74 Å². The predicted octanol–water partition coefficient (Wildman–Crippen LogP) is 6.40. The van der Waals surface area contributed by atoms with Crippen molar-refractivity contribution < 1.29 is 14.3 Å². The van der Waals surface area contributed by atoms with Crippen molar-refractivity contribution in [3.05, 3.63) is 58.7 Å². The van der Waals surface area contributed by atoms with Gasteiger partial charge in [0.25, 0.3) is 0 Å². The van der Waals surface area contributed by atoms with E-state index in [2.05, 4.69) is 77.9 Å². The topological polar surface area (TPSA) is 46.6 Å². The summed E-state index contributed by atoms with van der Waals surface area (Å²) in [6, 6.07) is 13.2. The third-order valence-electron chi connectivity index (χ3n) is 7.72. The molecule has 2 unspecified atom stereocenters. The van der Waals surface area contributed by atoms with Crippen LogP contribution in [0.3, 0.4) is 0 Å². The van der Waals surface area contributed by atoms with E-state index in [0.29, 0.717) is 43.6 Å². The maximum atomic E-state index is 13.3. The van der Waals surface area contributed by atoms with Crippen molar-refractivity contribution >= 4 is 11.9 Å². The molecule has 4 heteroatoms. The normalized spacial score (nSPS) is 22.4. The van der Waals surface area contributed by atoms with E-state index in [-0.39, 0.29) is 16.9 Å². The zero-order chi connectivity index (χ0) is 23.7. The van der Waals surface area contributed by atoms with Crippen LogP contribution in [0.5, 0.6) is 0 Å². The number of carbonyl (C=O) groups is 2. The Hall–Kier alpha value is -2.62. The number of nitrogens with zero attached hydrogens (tertiary/aromatic N) is 1. The monoisotopic (exact) mass is 445 g/mol. The van der Waals surface area contributed by atoms with Gasteiger partial charge in [-0.2, -0.15) is 0 Å². The van der Waals surface area contributed by atoms with E-state index >= 15 is 0 Å². The van der Waals surface area contributed by atoms with Crippen LogP contribution in [0.1, 0.15) is 82.7 Å². The van der Waals surface area contributed by atoms with Crippen LogP contribution in [-0.4, -0.2) is 29.9 Å². The Morgan fingerprint density at radius 2 is 1.27 bits per heavy atom. The highest BCUT2D eigenvalue weighted by Crippen LogP contribution is 2.48. The van der Waals surface area contributed by atoms with Crippen LogP contribution in [0.15, 0.2) is 36.4 Å². The summed E-state index contributed by atoms with van der Waals surface area (Å²) in [5, 5.41) is 0. The minimum Gasteiger partial charge on any atom is -0.436 e. The Morgan fingerprint density at radius 1 is 0.818 bits per heavy atom. The first-order valence-electron chi connectivity index (χ1n) is 12.2. The lowest BCUT2D eigenvalue weighted by Crippen LogP contribution is -2.31. The molecule has 2 aliphatic carbocycles. The minimum absolute atomic E-state index is 0.00781. The molecule has 1 saturated carbocycles. The number of carbonyl (C=O) groups excluding carboxylic acids is 2. The molecule has 1 saturated heterocycles. The van der Waals surface area contributed by atoms with Gasteiger partial charge in [0, 0.05) is 37.1 Å². The largest absolute Gasteiger partial charge is 0.436 e. The molecule has 0 aromatic heterocycles. The van der Waals surface area contributed by atoms with Gasteiger partial charge in [-0.25, -0.2) is 4.79 Å². The zero-order valence-corrected chi connectivity index (χ0v) is 20.7. The molecule has 33 heavy (non-hydrogen) atoms. The fourth-order valence-corrected chi connectivity index (χ4v) is 5.67. The van der Waals surface area contributed by atoms with Gasteiger partial charge >= 0.3 is 6.09 Å². The number of likely N-dealkylation sites (tertiary alicyclic amines) is 1. The van der Waals surface area contributed by atoms with Crippen molar-refractivity contribution in [2.24, 2.45) is 11.8 Å². The number of amides is 1. The summed E-state index contributed by atoms with van der Waals surface area (Å²) in [5.41, 5.74) is 6.95. The Morgan fingerprint density at radius 3 is 1.70 bits per heavy atom. The van der Waals surface area contributed by atoms with Gasteiger partial charge in [0.2, 0.25) is 0 Å². The molecular weight excluding hydrogens is 410 g/mol. The fraction of sp³-hybridized carbons (Fsp3) is 0.517. The van der Waals surface area contributed by atoms with Crippen LogP contribution >= 0.6 is 0 Å². The Bertz CT molecular complexity index is 1060. The van der Waals surface area contributed by atoms with E-state index in [1.807, 2.05) is 4.90 Å². The lowest BCUT2D eigenvalue weighted by Gasteiger charge is -2.24. The van der Waals surface area contributed by atoms with Crippen LogP contribution < -0.4 is 0 Å². The number of hydrogen-bond donors (Lipinski definition) is 0. The number of benzene rings is 2. The van der Waals surface area contributed by atoms with Crippen LogP contribution in [0, 0.1) is 11.8 Å². The molecule has 0 spiro atoms. The average molecular weight is 446 g/mol. The molecule has 2 atom stereocenters. The molecule has 1 aliphatic heterocycles. The number of rotatable bonds is 1. The molecule has 0 N–H and O–H groups in total. The van der Waals surface area contributed by atoms with Crippen molar-refractivity contribution in [2.45, 2.75) is 71.3 Å². The number of ketones is 1. The molecule has 4 nitrogen and oxygen atoms in total. The molecule has 0 radical (unpaired) electrons. The van der Waals surface area contributed by atoms with Crippen molar-refractivity contribution in [2.75, 3.05) is 13.1 Å². The smallest absolute Gasteiger partial charge is 0.410 e. The molecule has 5 rings (SSSR count). The Kier molecular flexibility index (Phi) is 5.00. The first kappa shape index (κ1) is 22.2.